The second-order valence-electron chi connectivity index (χ2n) is 5.82. The Morgan fingerprint density at radius 3 is 2.64 bits per heavy atom. The molecule has 1 unspecified atom stereocenters. The van der Waals surface area contributed by atoms with Crippen molar-refractivity contribution in [1.82, 2.24) is 4.57 Å². The SMILES string of the molecule is CCOC(=O)C1=C(O)c2cc3ccccc3n2CCC1C(=O)OCC. The lowest BCUT2D eigenvalue weighted by Gasteiger charge is -2.16. The predicted molar refractivity (Wildman–Crippen MR) is 92.9 cm³/mol. The van der Waals surface area contributed by atoms with E-state index in [1.165, 1.54) is 0 Å². The number of carbonyl (C=O) groups excluding carboxylic acids is 2. The zero-order chi connectivity index (χ0) is 18.0. The molecule has 2 heterocycles. The molecule has 1 aromatic carbocycles. The Hall–Kier alpha value is -2.76. The predicted octanol–water partition coefficient (Wildman–Crippen LogP) is 3.06. The molecule has 0 aliphatic carbocycles. The Kier molecular flexibility index (Phi) is 4.79. The largest absolute Gasteiger partial charge is 0.505 e. The zero-order valence-corrected chi connectivity index (χ0v) is 14.3. The molecule has 1 aliphatic rings. The fraction of sp³-hybridized carbons (Fsp3) is 0.368. The molecular weight excluding hydrogens is 322 g/mol. The molecule has 0 saturated carbocycles. The monoisotopic (exact) mass is 343 g/mol. The molecule has 0 spiro atoms. The Labute approximate surface area is 145 Å². The van der Waals surface area contributed by atoms with Crippen LogP contribution < -0.4 is 0 Å². The number of para-hydroxylation sites is 1. The number of nitrogens with zero attached hydrogens (tertiary/aromatic N) is 1. The molecule has 1 aliphatic heterocycles. The van der Waals surface area contributed by atoms with Crippen molar-refractivity contribution in [3.05, 3.63) is 41.6 Å². The summed E-state index contributed by atoms with van der Waals surface area (Å²) in [5.74, 6) is -2.27. The van der Waals surface area contributed by atoms with Gasteiger partial charge in [0.15, 0.2) is 5.76 Å². The highest BCUT2D eigenvalue weighted by molar-refractivity contribution is 6.02. The lowest BCUT2D eigenvalue weighted by atomic mass is 9.94. The summed E-state index contributed by atoms with van der Waals surface area (Å²) in [6.07, 6.45) is 0.350. The van der Waals surface area contributed by atoms with Gasteiger partial charge in [-0.2, -0.15) is 0 Å². The first-order valence-corrected chi connectivity index (χ1v) is 8.44. The van der Waals surface area contributed by atoms with E-state index in [-0.39, 0.29) is 24.5 Å². The van der Waals surface area contributed by atoms with Crippen molar-refractivity contribution in [2.45, 2.75) is 26.8 Å². The minimum Gasteiger partial charge on any atom is -0.505 e. The average Bonchev–Trinajstić information content (AvgIpc) is 2.90. The quantitative estimate of drug-likeness (QED) is 0.863. The van der Waals surface area contributed by atoms with Crippen molar-refractivity contribution < 1.29 is 24.2 Å². The van der Waals surface area contributed by atoms with Gasteiger partial charge in [0.2, 0.25) is 0 Å². The zero-order valence-electron chi connectivity index (χ0n) is 14.3. The summed E-state index contributed by atoms with van der Waals surface area (Å²) in [5, 5.41) is 11.8. The van der Waals surface area contributed by atoms with Crippen LogP contribution >= 0.6 is 0 Å². The molecule has 25 heavy (non-hydrogen) atoms. The van der Waals surface area contributed by atoms with Gasteiger partial charge in [-0.1, -0.05) is 18.2 Å². The Bertz CT molecular complexity index is 849. The molecule has 1 aromatic heterocycles. The van der Waals surface area contributed by atoms with Crippen molar-refractivity contribution in [3.63, 3.8) is 0 Å². The maximum absolute atomic E-state index is 12.4. The number of rotatable bonds is 4. The van der Waals surface area contributed by atoms with E-state index in [0.29, 0.717) is 18.7 Å². The number of esters is 2. The third-order valence-corrected chi connectivity index (χ3v) is 4.36. The summed E-state index contributed by atoms with van der Waals surface area (Å²) in [7, 11) is 0. The van der Waals surface area contributed by atoms with Gasteiger partial charge in [0.05, 0.1) is 30.4 Å². The van der Waals surface area contributed by atoms with E-state index in [1.807, 2.05) is 34.9 Å². The highest BCUT2D eigenvalue weighted by Crippen LogP contribution is 2.34. The van der Waals surface area contributed by atoms with Crippen LogP contribution in [0.4, 0.5) is 0 Å². The van der Waals surface area contributed by atoms with E-state index in [4.69, 9.17) is 9.47 Å². The van der Waals surface area contributed by atoms with Crippen LogP contribution in [0, 0.1) is 5.92 Å². The van der Waals surface area contributed by atoms with Crippen LogP contribution in [0.25, 0.3) is 16.7 Å². The Morgan fingerprint density at radius 2 is 1.92 bits per heavy atom. The Balaban J connectivity index is 2.16. The first-order chi connectivity index (χ1) is 12.1. The van der Waals surface area contributed by atoms with Crippen LogP contribution in [-0.2, 0) is 25.6 Å². The van der Waals surface area contributed by atoms with Crippen LogP contribution in [0.3, 0.4) is 0 Å². The minimum atomic E-state index is -0.849. The number of aromatic nitrogens is 1. The number of ether oxygens (including phenoxy) is 2. The number of carbonyl (C=O) groups is 2. The standard InChI is InChI=1S/C19H21NO5/c1-3-24-18(22)13-9-10-20-14-8-6-5-7-12(14)11-15(20)17(21)16(13)19(23)25-4-2/h5-8,11,13,21H,3-4,9-10H2,1-2H3. The van der Waals surface area contributed by atoms with Gasteiger partial charge >= 0.3 is 11.9 Å². The van der Waals surface area contributed by atoms with Crippen LogP contribution in [0.5, 0.6) is 0 Å². The molecule has 1 N–H and O–H groups in total. The summed E-state index contributed by atoms with van der Waals surface area (Å²) in [4.78, 5) is 24.8. The van der Waals surface area contributed by atoms with Crippen molar-refractivity contribution in [1.29, 1.82) is 0 Å². The van der Waals surface area contributed by atoms with Gasteiger partial charge in [0, 0.05) is 17.4 Å². The molecule has 0 saturated heterocycles. The lowest BCUT2D eigenvalue weighted by molar-refractivity contribution is -0.150. The molecular formula is C19H21NO5. The van der Waals surface area contributed by atoms with Gasteiger partial charge in [0.1, 0.15) is 0 Å². The number of benzene rings is 1. The number of aryl methyl sites for hydroxylation is 1. The normalized spacial score (nSPS) is 17.1. The van der Waals surface area contributed by atoms with E-state index in [1.54, 1.807) is 13.8 Å². The van der Waals surface area contributed by atoms with Crippen molar-refractivity contribution in [2.24, 2.45) is 5.92 Å². The lowest BCUT2D eigenvalue weighted by Crippen LogP contribution is -2.26. The third kappa shape index (κ3) is 2.99. The highest BCUT2D eigenvalue weighted by atomic mass is 16.5. The highest BCUT2D eigenvalue weighted by Gasteiger charge is 2.36. The fourth-order valence-corrected chi connectivity index (χ4v) is 3.28. The van der Waals surface area contributed by atoms with Gasteiger partial charge in [0.25, 0.3) is 0 Å². The van der Waals surface area contributed by atoms with E-state index in [2.05, 4.69) is 0 Å². The molecule has 0 bridgehead atoms. The second-order valence-corrected chi connectivity index (χ2v) is 5.82. The molecule has 0 fully saturated rings. The molecule has 132 valence electrons. The van der Waals surface area contributed by atoms with Crippen LogP contribution in [0.15, 0.2) is 35.9 Å². The van der Waals surface area contributed by atoms with Gasteiger partial charge in [-0.3, -0.25) is 4.79 Å². The first kappa shape index (κ1) is 17.1. The fourth-order valence-electron chi connectivity index (χ4n) is 3.28. The van der Waals surface area contributed by atoms with Crippen molar-refractivity contribution >= 4 is 28.6 Å². The van der Waals surface area contributed by atoms with E-state index in [0.717, 1.165) is 10.9 Å². The van der Waals surface area contributed by atoms with Crippen LogP contribution in [0.1, 0.15) is 26.0 Å². The number of fused-ring (bicyclic) bond motifs is 3. The van der Waals surface area contributed by atoms with Gasteiger partial charge < -0.3 is 19.1 Å². The van der Waals surface area contributed by atoms with Gasteiger partial charge in [-0.25, -0.2) is 4.79 Å². The number of aliphatic hydroxyl groups is 1. The van der Waals surface area contributed by atoms with Gasteiger partial charge in [-0.05, 0) is 32.4 Å². The summed E-state index contributed by atoms with van der Waals surface area (Å²) in [6.45, 7) is 4.25. The molecule has 0 amide bonds. The molecule has 2 aromatic rings. The average molecular weight is 343 g/mol. The molecule has 3 rings (SSSR count). The first-order valence-electron chi connectivity index (χ1n) is 8.44. The number of hydrogen-bond donors (Lipinski definition) is 1. The smallest absolute Gasteiger partial charge is 0.338 e. The minimum absolute atomic E-state index is 0.0261. The van der Waals surface area contributed by atoms with E-state index in [9.17, 15) is 14.7 Å². The van der Waals surface area contributed by atoms with Crippen molar-refractivity contribution in [3.8, 4) is 0 Å². The van der Waals surface area contributed by atoms with E-state index >= 15 is 0 Å². The maximum atomic E-state index is 12.4. The second kappa shape index (κ2) is 7.01. The van der Waals surface area contributed by atoms with Crippen LogP contribution in [0.2, 0.25) is 0 Å². The van der Waals surface area contributed by atoms with E-state index < -0.39 is 17.9 Å². The summed E-state index contributed by atoms with van der Waals surface area (Å²) in [5.41, 5.74) is 1.43. The molecule has 6 heteroatoms. The Morgan fingerprint density at radius 1 is 1.20 bits per heavy atom. The number of hydrogen-bond acceptors (Lipinski definition) is 5. The number of aliphatic hydroxyl groups excluding tert-OH is 1. The third-order valence-electron chi connectivity index (χ3n) is 4.36. The molecule has 0 radical (unpaired) electrons. The maximum Gasteiger partial charge on any atom is 0.338 e. The van der Waals surface area contributed by atoms with Gasteiger partial charge in [-0.15, -0.1) is 0 Å². The summed E-state index contributed by atoms with van der Waals surface area (Å²) >= 11 is 0. The summed E-state index contributed by atoms with van der Waals surface area (Å²) < 4.78 is 12.1. The summed E-state index contributed by atoms with van der Waals surface area (Å²) in [6, 6.07) is 9.53. The molecule has 6 nitrogen and oxygen atoms in total. The van der Waals surface area contributed by atoms with Crippen molar-refractivity contribution in [2.75, 3.05) is 13.2 Å². The topological polar surface area (TPSA) is 77.8 Å². The van der Waals surface area contributed by atoms with Crippen LogP contribution in [-0.4, -0.2) is 34.8 Å². The molecule has 1 atom stereocenters.